The van der Waals surface area contributed by atoms with Crippen LogP contribution < -0.4 is 5.32 Å². The van der Waals surface area contributed by atoms with E-state index in [1.807, 2.05) is 13.0 Å². The summed E-state index contributed by atoms with van der Waals surface area (Å²) in [6, 6.07) is 2.90. The molecule has 0 radical (unpaired) electrons. The van der Waals surface area contributed by atoms with E-state index in [0.717, 1.165) is 66.5 Å². The van der Waals surface area contributed by atoms with Gasteiger partial charge in [0.05, 0.1) is 23.8 Å². The van der Waals surface area contributed by atoms with Crippen molar-refractivity contribution in [2.24, 2.45) is 5.41 Å². The minimum atomic E-state index is 0.0586. The number of nitrogens with one attached hydrogen (secondary N) is 1. The summed E-state index contributed by atoms with van der Waals surface area (Å²) in [5, 5.41) is 8.99. The third-order valence-electron chi connectivity index (χ3n) is 5.47. The van der Waals surface area contributed by atoms with Crippen LogP contribution in [0.2, 0.25) is 0 Å². The predicted molar refractivity (Wildman–Crippen MR) is 108 cm³/mol. The molecular weight excluding hydrogens is 360 g/mol. The van der Waals surface area contributed by atoms with Gasteiger partial charge in [-0.25, -0.2) is 0 Å². The number of carbonyl (C=O) groups excluding carboxylic acids is 1. The van der Waals surface area contributed by atoms with E-state index in [2.05, 4.69) is 40.8 Å². The van der Waals surface area contributed by atoms with Crippen LogP contribution in [-0.2, 0) is 11.3 Å². The van der Waals surface area contributed by atoms with E-state index in [9.17, 15) is 4.79 Å². The van der Waals surface area contributed by atoms with Gasteiger partial charge in [0.15, 0.2) is 0 Å². The van der Waals surface area contributed by atoms with Crippen LogP contribution >= 0.6 is 11.3 Å². The fraction of sp³-hybridized carbons (Fsp3) is 0.700. The molecule has 27 heavy (non-hydrogen) atoms. The Kier molecular flexibility index (Phi) is 5.03. The van der Waals surface area contributed by atoms with E-state index < -0.39 is 0 Å². The molecule has 1 saturated heterocycles. The number of ether oxygens (including phenoxy) is 1. The standard InChI is InChI=1S/C20H30N4O2S/c1-13-16-11-17(27-19(16)24(22-13)12-20(2,3)4)18(25)21-14-9-15(10-14)23-5-7-26-8-6-23/h11,14-15H,5-10,12H2,1-4H3,(H,21,25). The van der Waals surface area contributed by atoms with Crippen LogP contribution in [0.25, 0.3) is 10.2 Å². The van der Waals surface area contributed by atoms with Crippen molar-refractivity contribution in [1.82, 2.24) is 20.0 Å². The summed E-state index contributed by atoms with van der Waals surface area (Å²) in [6.07, 6.45) is 2.10. The Hall–Kier alpha value is -1.44. The molecule has 0 spiro atoms. The number of morpholine rings is 1. The lowest BCUT2D eigenvalue weighted by atomic mass is 9.85. The molecule has 0 aromatic carbocycles. The van der Waals surface area contributed by atoms with Crippen molar-refractivity contribution in [2.45, 2.75) is 59.2 Å². The van der Waals surface area contributed by atoms with Gasteiger partial charge in [-0.2, -0.15) is 5.10 Å². The van der Waals surface area contributed by atoms with Crippen molar-refractivity contribution in [3.63, 3.8) is 0 Å². The monoisotopic (exact) mass is 390 g/mol. The van der Waals surface area contributed by atoms with Crippen molar-refractivity contribution in [1.29, 1.82) is 0 Å². The molecule has 0 unspecified atom stereocenters. The normalized spacial score (nSPS) is 24.1. The maximum atomic E-state index is 12.7. The first-order chi connectivity index (χ1) is 12.8. The molecular formula is C20H30N4O2S. The number of amides is 1. The van der Waals surface area contributed by atoms with Gasteiger partial charge in [-0.1, -0.05) is 20.8 Å². The number of thiophene rings is 1. The molecule has 1 aliphatic carbocycles. The van der Waals surface area contributed by atoms with Gasteiger partial charge in [0, 0.05) is 37.1 Å². The fourth-order valence-electron chi connectivity index (χ4n) is 3.98. The molecule has 3 heterocycles. The van der Waals surface area contributed by atoms with Gasteiger partial charge in [0.1, 0.15) is 4.83 Å². The zero-order valence-electron chi connectivity index (χ0n) is 16.7. The second kappa shape index (κ2) is 7.18. The quantitative estimate of drug-likeness (QED) is 0.872. The molecule has 0 bridgehead atoms. The third kappa shape index (κ3) is 4.05. The maximum Gasteiger partial charge on any atom is 0.261 e. The van der Waals surface area contributed by atoms with E-state index in [1.165, 1.54) is 0 Å². The van der Waals surface area contributed by atoms with Gasteiger partial charge in [0.2, 0.25) is 0 Å². The van der Waals surface area contributed by atoms with Gasteiger partial charge >= 0.3 is 0 Å². The number of carbonyl (C=O) groups is 1. The van der Waals surface area contributed by atoms with E-state index in [4.69, 9.17) is 4.74 Å². The Morgan fingerprint density at radius 2 is 2.04 bits per heavy atom. The average molecular weight is 391 g/mol. The minimum absolute atomic E-state index is 0.0586. The van der Waals surface area contributed by atoms with Gasteiger partial charge in [-0.15, -0.1) is 11.3 Å². The molecule has 2 aliphatic rings. The summed E-state index contributed by atoms with van der Waals surface area (Å²) < 4.78 is 7.48. The highest BCUT2D eigenvalue weighted by molar-refractivity contribution is 7.20. The summed E-state index contributed by atoms with van der Waals surface area (Å²) in [5.41, 5.74) is 1.15. The SMILES string of the molecule is Cc1nn(CC(C)(C)C)c2sc(C(=O)NC3CC(N4CCOCC4)C3)cc12. The lowest BCUT2D eigenvalue weighted by Gasteiger charge is -2.44. The maximum absolute atomic E-state index is 12.7. The molecule has 148 valence electrons. The van der Waals surface area contributed by atoms with Crippen LogP contribution in [0.3, 0.4) is 0 Å². The Bertz CT molecular complexity index is 823. The molecule has 0 atom stereocenters. The summed E-state index contributed by atoms with van der Waals surface area (Å²) in [4.78, 5) is 17.1. The molecule has 1 N–H and O–H groups in total. The van der Waals surface area contributed by atoms with E-state index in [1.54, 1.807) is 11.3 Å². The Morgan fingerprint density at radius 1 is 1.33 bits per heavy atom. The number of hydrogen-bond acceptors (Lipinski definition) is 5. The zero-order valence-corrected chi connectivity index (χ0v) is 17.6. The van der Waals surface area contributed by atoms with Gasteiger partial charge in [0.25, 0.3) is 5.91 Å². The number of aromatic nitrogens is 2. The fourth-order valence-corrected chi connectivity index (χ4v) is 5.05. The van der Waals surface area contributed by atoms with Crippen LogP contribution in [0, 0.1) is 12.3 Å². The summed E-state index contributed by atoms with van der Waals surface area (Å²) in [6.45, 7) is 13.2. The second-order valence-electron chi connectivity index (χ2n) is 9.08. The molecule has 1 amide bonds. The van der Waals surface area contributed by atoms with Crippen molar-refractivity contribution in [3.8, 4) is 0 Å². The van der Waals surface area contributed by atoms with Gasteiger partial charge in [-0.3, -0.25) is 14.4 Å². The van der Waals surface area contributed by atoms with E-state index in [0.29, 0.717) is 12.1 Å². The van der Waals surface area contributed by atoms with Crippen molar-refractivity contribution >= 4 is 27.5 Å². The molecule has 2 aromatic heterocycles. The number of fused-ring (bicyclic) bond motifs is 1. The highest BCUT2D eigenvalue weighted by atomic mass is 32.1. The van der Waals surface area contributed by atoms with E-state index >= 15 is 0 Å². The molecule has 6 nitrogen and oxygen atoms in total. The Morgan fingerprint density at radius 3 is 2.70 bits per heavy atom. The molecule has 4 rings (SSSR count). The largest absolute Gasteiger partial charge is 0.379 e. The summed E-state index contributed by atoms with van der Waals surface area (Å²) >= 11 is 1.56. The first-order valence-electron chi connectivity index (χ1n) is 9.90. The van der Waals surface area contributed by atoms with Crippen molar-refractivity contribution in [2.75, 3.05) is 26.3 Å². The lowest BCUT2D eigenvalue weighted by Crippen LogP contribution is -2.56. The smallest absolute Gasteiger partial charge is 0.261 e. The molecule has 2 fully saturated rings. The van der Waals surface area contributed by atoms with Crippen LogP contribution in [0.15, 0.2) is 6.07 Å². The number of nitrogens with zero attached hydrogens (tertiary/aromatic N) is 3. The van der Waals surface area contributed by atoms with Crippen LogP contribution in [0.5, 0.6) is 0 Å². The highest BCUT2D eigenvalue weighted by Gasteiger charge is 2.35. The summed E-state index contributed by atoms with van der Waals surface area (Å²) in [7, 11) is 0. The zero-order chi connectivity index (χ0) is 19.2. The topological polar surface area (TPSA) is 59.4 Å². The number of hydrogen-bond donors (Lipinski definition) is 1. The Balaban J connectivity index is 1.39. The van der Waals surface area contributed by atoms with Crippen LogP contribution in [-0.4, -0.2) is 59.0 Å². The number of rotatable bonds is 4. The first-order valence-corrected chi connectivity index (χ1v) is 10.7. The van der Waals surface area contributed by atoms with Crippen molar-refractivity contribution in [3.05, 3.63) is 16.6 Å². The van der Waals surface area contributed by atoms with Crippen molar-refractivity contribution < 1.29 is 9.53 Å². The number of aryl methyl sites for hydroxylation is 1. The molecule has 2 aromatic rings. The lowest BCUT2D eigenvalue weighted by molar-refractivity contribution is -0.00948. The Labute approximate surface area is 164 Å². The first kappa shape index (κ1) is 18.9. The van der Waals surface area contributed by atoms with Crippen LogP contribution in [0.4, 0.5) is 0 Å². The van der Waals surface area contributed by atoms with Crippen LogP contribution in [0.1, 0.15) is 49.0 Å². The summed E-state index contributed by atoms with van der Waals surface area (Å²) in [5.74, 6) is 0.0586. The van der Waals surface area contributed by atoms with Gasteiger partial charge in [-0.05, 0) is 31.2 Å². The predicted octanol–water partition coefficient (Wildman–Crippen LogP) is 3.05. The third-order valence-corrected chi connectivity index (χ3v) is 6.61. The minimum Gasteiger partial charge on any atom is -0.379 e. The highest BCUT2D eigenvalue weighted by Crippen LogP contribution is 2.31. The molecule has 1 saturated carbocycles. The average Bonchev–Trinajstić information content (AvgIpc) is 3.12. The van der Waals surface area contributed by atoms with Gasteiger partial charge < -0.3 is 10.1 Å². The second-order valence-corrected chi connectivity index (χ2v) is 10.1. The van der Waals surface area contributed by atoms with E-state index in [-0.39, 0.29) is 11.3 Å². The molecule has 7 heteroatoms. The molecule has 1 aliphatic heterocycles.